The molecule has 2 aliphatic rings. The number of ketones is 1. The molecule has 4 heteroatoms. The Kier molecular flexibility index (Phi) is 4.59. The van der Waals surface area contributed by atoms with Crippen molar-refractivity contribution in [3.63, 3.8) is 0 Å². The number of amides is 1. The van der Waals surface area contributed by atoms with Crippen LogP contribution < -0.4 is 0 Å². The minimum atomic E-state index is -0.714. The molecule has 1 heterocycles. The maximum Gasteiger partial charge on any atom is 0.227 e. The van der Waals surface area contributed by atoms with E-state index in [2.05, 4.69) is 0 Å². The molecule has 1 fully saturated rings. The summed E-state index contributed by atoms with van der Waals surface area (Å²) < 4.78 is 0. The first-order valence-electron chi connectivity index (χ1n) is 8.69. The van der Waals surface area contributed by atoms with E-state index < -0.39 is 5.60 Å². The molecule has 1 N–H and O–H groups in total. The Bertz CT molecular complexity index is 675. The fraction of sp³-hybridized carbons (Fsp3) is 0.500. The highest BCUT2D eigenvalue weighted by Gasteiger charge is 2.37. The van der Waals surface area contributed by atoms with Crippen molar-refractivity contribution in [2.45, 2.75) is 45.1 Å². The van der Waals surface area contributed by atoms with Crippen molar-refractivity contribution in [2.24, 2.45) is 5.92 Å². The van der Waals surface area contributed by atoms with E-state index in [1.54, 1.807) is 4.90 Å². The van der Waals surface area contributed by atoms with E-state index >= 15 is 0 Å². The second-order valence-electron chi connectivity index (χ2n) is 7.27. The third-order valence-electron chi connectivity index (χ3n) is 5.55. The van der Waals surface area contributed by atoms with Gasteiger partial charge in [-0.2, -0.15) is 0 Å². The van der Waals surface area contributed by atoms with Gasteiger partial charge >= 0.3 is 0 Å². The van der Waals surface area contributed by atoms with Crippen LogP contribution in [0.4, 0.5) is 0 Å². The second kappa shape index (κ2) is 6.52. The lowest BCUT2D eigenvalue weighted by molar-refractivity contribution is -0.138. The lowest BCUT2D eigenvalue weighted by Crippen LogP contribution is -2.50. The van der Waals surface area contributed by atoms with Gasteiger partial charge in [0.05, 0.1) is 12.0 Å². The first kappa shape index (κ1) is 16.9. The first-order chi connectivity index (χ1) is 11.4. The zero-order chi connectivity index (χ0) is 17.3. The van der Waals surface area contributed by atoms with Gasteiger partial charge in [-0.25, -0.2) is 0 Å². The van der Waals surface area contributed by atoms with Crippen LogP contribution in [0.2, 0.25) is 0 Å². The van der Waals surface area contributed by atoms with Crippen LogP contribution in [0.15, 0.2) is 35.9 Å². The quantitative estimate of drug-likeness (QED) is 0.929. The van der Waals surface area contributed by atoms with Crippen molar-refractivity contribution >= 4 is 17.3 Å². The van der Waals surface area contributed by atoms with Crippen molar-refractivity contribution in [3.8, 4) is 0 Å². The highest BCUT2D eigenvalue weighted by molar-refractivity contribution is 6.10. The summed E-state index contributed by atoms with van der Waals surface area (Å²) in [6, 6.07) is 9.86. The Labute approximate surface area is 143 Å². The van der Waals surface area contributed by atoms with Crippen molar-refractivity contribution < 1.29 is 14.7 Å². The molecule has 0 spiro atoms. The minimum absolute atomic E-state index is 0.00367. The molecule has 3 rings (SSSR count). The Hall–Kier alpha value is -1.94. The summed E-state index contributed by atoms with van der Waals surface area (Å²) in [5.41, 5.74) is 2.03. The van der Waals surface area contributed by atoms with Gasteiger partial charge < -0.3 is 10.0 Å². The van der Waals surface area contributed by atoms with E-state index in [1.165, 1.54) is 0 Å². The molecule has 2 atom stereocenters. The molecule has 1 aromatic carbocycles. The van der Waals surface area contributed by atoms with Gasteiger partial charge in [-0.05, 0) is 30.9 Å². The number of rotatable bonds is 3. The number of carbonyl (C=O) groups excluding carboxylic acids is 2. The van der Waals surface area contributed by atoms with Crippen LogP contribution in [-0.2, 0) is 9.59 Å². The topological polar surface area (TPSA) is 57.6 Å². The molecule has 0 bridgehead atoms. The highest BCUT2D eigenvalue weighted by atomic mass is 16.3. The molecule has 1 aromatic rings. The summed E-state index contributed by atoms with van der Waals surface area (Å²) in [7, 11) is 0. The van der Waals surface area contributed by atoms with Gasteiger partial charge in [-0.1, -0.05) is 37.3 Å². The molecule has 0 radical (unpaired) electrons. The smallest absolute Gasteiger partial charge is 0.227 e. The zero-order valence-electron chi connectivity index (χ0n) is 14.4. The predicted octanol–water partition coefficient (Wildman–Crippen LogP) is 2.81. The molecule has 1 aliphatic heterocycles. The van der Waals surface area contributed by atoms with E-state index in [9.17, 15) is 14.7 Å². The number of carbonyl (C=O) groups is 2. The lowest BCUT2D eigenvalue weighted by Gasteiger charge is -2.41. The number of Topliss-reactive ketones (excluding diaryl/α,β-unsaturated/α-hetero) is 1. The van der Waals surface area contributed by atoms with Gasteiger partial charge in [0.15, 0.2) is 5.78 Å². The predicted molar refractivity (Wildman–Crippen MR) is 93.2 cm³/mol. The van der Waals surface area contributed by atoms with Gasteiger partial charge in [0, 0.05) is 31.0 Å². The zero-order valence-corrected chi connectivity index (χ0v) is 14.4. The standard InChI is InChI=1S/C20H25NO3/c1-14-13-21(11-10-20(14,2)24)19(23)12-17-16(8-9-18(17)22)15-6-4-3-5-7-15/h3-7,14,24H,8-13H2,1-2H3/t14-,20+/m1/s1. The van der Waals surface area contributed by atoms with E-state index in [4.69, 9.17) is 0 Å². The summed E-state index contributed by atoms with van der Waals surface area (Å²) >= 11 is 0. The number of nitrogens with zero attached hydrogens (tertiary/aromatic N) is 1. The maximum absolute atomic E-state index is 12.7. The normalized spacial score (nSPS) is 27.7. The Balaban J connectivity index is 1.76. The summed E-state index contributed by atoms with van der Waals surface area (Å²) in [5.74, 6) is 0.132. The molecule has 0 unspecified atom stereocenters. The molecule has 0 aromatic heterocycles. The van der Waals surface area contributed by atoms with Gasteiger partial charge in [0.25, 0.3) is 0 Å². The Morgan fingerprint density at radius 3 is 2.67 bits per heavy atom. The second-order valence-corrected chi connectivity index (χ2v) is 7.27. The van der Waals surface area contributed by atoms with Gasteiger partial charge in [-0.3, -0.25) is 9.59 Å². The summed E-state index contributed by atoms with van der Waals surface area (Å²) in [6.07, 6.45) is 1.98. The third kappa shape index (κ3) is 3.29. The fourth-order valence-corrected chi connectivity index (χ4v) is 3.59. The van der Waals surface area contributed by atoms with E-state index in [-0.39, 0.29) is 24.0 Å². The largest absolute Gasteiger partial charge is 0.390 e. The molecular formula is C20H25NO3. The van der Waals surface area contributed by atoms with Crippen LogP contribution in [0.3, 0.4) is 0 Å². The summed E-state index contributed by atoms with van der Waals surface area (Å²) in [6.45, 7) is 4.90. The lowest BCUT2D eigenvalue weighted by atomic mass is 9.83. The van der Waals surface area contributed by atoms with Crippen LogP contribution in [0, 0.1) is 5.92 Å². The molecule has 0 saturated carbocycles. The Morgan fingerprint density at radius 2 is 2.00 bits per heavy atom. The van der Waals surface area contributed by atoms with Gasteiger partial charge in [0.1, 0.15) is 0 Å². The monoisotopic (exact) mass is 327 g/mol. The summed E-state index contributed by atoms with van der Waals surface area (Å²) in [4.78, 5) is 26.8. The molecule has 128 valence electrons. The van der Waals surface area contributed by atoms with Crippen molar-refractivity contribution in [1.82, 2.24) is 4.90 Å². The van der Waals surface area contributed by atoms with Crippen molar-refractivity contribution in [2.75, 3.05) is 13.1 Å². The van der Waals surface area contributed by atoms with E-state index in [0.717, 1.165) is 17.6 Å². The van der Waals surface area contributed by atoms with Crippen LogP contribution in [0.5, 0.6) is 0 Å². The number of hydrogen-bond donors (Lipinski definition) is 1. The molecule has 1 aliphatic carbocycles. The van der Waals surface area contributed by atoms with Crippen molar-refractivity contribution in [3.05, 3.63) is 41.5 Å². The number of likely N-dealkylation sites (tertiary alicyclic amines) is 1. The van der Waals surface area contributed by atoms with Crippen molar-refractivity contribution in [1.29, 1.82) is 0 Å². The molecule has 1 amide bonds. The molecule has 24 heavy (non-hydrogen) atoms. The number of piperidine rings is 1. The van der Waals surface area contributed by atoms with Gasteiger partial charge in [0.2, 0.25) is 5.91 Å². The van der Waals surface area contributed by atoms with Crippen LogP contribution in [-0.4, -0.2) is 40.4 Å². The third-order valence-corrected chi connectivity index (χ3v) is 5.55. The van der Waals surface area contributed by atoms with Crippen LogP contribution in [0.1, 0.15) is 45.1 Å². The van der Waals surface area contributed by atoms with E-state index in [1.807, 2.05) is 44.2 Å². The number of benzene rings is 1. The number of aliphatic hydroxyl groups is 1. The fourth-order valence-electron chi connectivity index (χ4n) is 3.59. The summed E-state index contributed by atoms with van der Waals surface area (Å²) in [5, 5.41) is 10.3. The van der Waals surface area contributed by atoms with Gasteiger partial charge in [-0.15, -0.1) is 0 Å². The van der Waals surface area contributed by atoms with Crippen LogP contribution in [0.25, 0.3) is 5.57 Å². The minimum Gasteiger partial charge on any atom is -0.390 e. The average molecular weight is 327 g/mol. The maximum atomic E-state index is 12.7. The molecule has 1 saturated heterocycles. The number of hydrogen-bond acceptors (Lipinski definition) is 3. The highest BCUT2D eigenvalue weighted by Crippen LogP contribution is 2.34. The molecule has 4 nitrogen and oxygen atoms in total. The molecular weight excluding hydrogens is 302 g/mol. The first-order valence-corrected chi connectivity index (χ1v) is 8.69. The Morgan fingerprint density at radius 1 is 1.29 bits per heavy atom. The SMILES string of the molecule is C[C@@H]1CN(C(=O)CC2=C(c3ccccc3)CCC2=O)CC[C@]1(C)O. The van der Waals surface area contributed by atoms with Crippen LogP contribution >= 0.6 is 0 Å². The van der Waals surface area contributed by atoms with E-state index in [0.29, 0.717) is 31.5 Å². The number of allylic oxidation sites excluding steroid dienone is 1. The average Bonchev–Trinajstić information content (AvgIpc) is 2.92.